The average Bonchev–Trinajstić information content (AvgIpc) is 2.29. The molecule has 0 amide bonds. The molecule has 1 aromatic carbocycles. The Morgan fingerprint density at radius 2 is 2.12 bits per heavy atom. The van der Waals surface area contributed by atoms with Crippen LogP contribution in [0.5, 0.6) is 0 Å². The van der Waals surface area contributed by atoms with E-state index in [-0.39, 0.29) is 0 Å². The molecule has 3 heteroatoms. The number of benzene rings is 1. The summed E-state index contributed by atoms with van der Waals surface area (Å²) in [7, 11) is 0. The zero-order valence-electron chi connectivity index (χ0n) is 9.87. The van der Waals surface area contributed by atoms with Crippen LogP contribution in [0.1, 0.15) is 31.0 Å². The average molecular weight is 289 g/mol. The highest BCUT2D eigenvalue weighted by molar-refractivity contribution is 9.10. The number of fused-ring (bicyclic) bond motifs is 1. The van der Waals surface area contributed by atoms with Crippen LogP contribution in [0, 0.1) is 11.3 Å². The highest BCUT2D eigenvalue weighted by Gasteiger charge is 2.08. The maximum Gasteiger partial charge on any atom is 0.0709 e. The number of rotatable bonds is 2. The van der Waals surface area contributed by atoms with Crippen LogP contribution >= 0.6 is 15.9 Å². The third kappa shape index (κ3) is 2.48. The van der Waals surface area contributed by atoms with Crippen molar-refractivity contribution in [3.8, 4) is 6.07 Å². The van der Waals surface area contributed by atoms with Crippen molar-refractivity contribution in [1.82, 2.24) is 4.98 Å². The maximum atomic E-state index is 8.90. The third-order valence-electron chi connectivity index (χ3n) is 2.74. The van der Waals surface area contributed by atoms with Crippen molar-refractivity contribution in [3.63, 3.8) is 0 Å². The van der Waals surface area contributed by atoms with Crippen molar-refractivity contribution in [2.75, 3.05) is 0 Å². The molecule has 2 aromatic rings. The van der Waals surface area contributed by atoms with Crippen molar-refractivity contribution >= 4 is 26.8 Å². The predicted octanol–water partition coefficient (Wildman–Crippen LogP) is 4.19. The molecule has 0 saturated heterocycles. The normalized spacial score (nSPS) is 10.8. The first-order chi connectivity index (χ1) is 8.11. The topological polar surface area (TPSA) is 36.7 Å². The summed E-state index contributed by atoms with van der Waals surface area (Å²) >= 11 is 3.45. The molecule has 0 radical (unpaired) electrons. The minimum atomic E-state index is 0.375. The number of aromatic nitrogens is 1. The smallest absolute Gasteiger partial charge is 0.0709 e. The van der Waals surface area contributed by atoms with Gasteiger partial charge in [0.1, 0.15) is 0 Å². The largest absolute Gasteiger partial charge is 0.253 e. The van der Waals surface area contributed by atoms with Crippen LogP contribution in [0.2, 0.25) is 0 Å². The molecule has 2 rings (SSSR count). The summed E-state index contributed by atoms with van der Waals surface area (Å²) < 4.78 is 1.02. The van der Waals surface area contributed by atoms with Crippen molar-refractivity contribution in [2.24, 2.45) is 0 Å². The van der Waals surface area contributed by atoms with Gasteiger partial charge in [-0.2, -0.15) is 5.26 Å². The van der Waals surface area contributed by atoms with Crippen molar-refractivity contribution in [2.45, 2.75) is 26.2 Å². The van der Waals surface area contributed by atoms with Gasteiger partial charge in [0.2, 0.25) is 0 Å². The van der Waals surface area contributed by atoms with Gasteiger partial charge in [-0.05, 0) is 35.7 Å². The molecule has 0 N–H and O–H groups in total. The highest BCUT2D eigenvalue weighted by Crippen LogP contribution is 2.25. The van der Waals surface area contributed by atoms with Gasteiger partial charge in [0.25, 0.3) is 0 Å². The predicted molar refractivity (Wildman–Crippen MR) is 72.8 cm³/mol. The van der Waals surface area contributed by atoms with Crippen LogP contribution in [-0.4, -0.2) is 4.98 Å². The first-order valence-corrected chi connectivity index (χ1v) is 6.37. The Labute approximate surface area is 109 Å². The van der Waals surface area contributed by atoms with Gasteiger partial charge in [-0.1, -0.05) is 29.8 Å². The van der Waals surface area contributed by atoms with Crippen molar-refractivity contribution < 1.29 is 0 Å². The standard InChI is InChI=1S/C14H13BrN2/c1-9(2)14-7-10(5-6-16)12-8-11(15)3-4-13(12)17-14/h3-4,7-9H,5H2,1-2H3. The first-order valence-electron chi connectivity index (χ1n) is 5.58. The minimum absolute atomic E-state index is 0.375. The second kappa shape index (κ2) is 4.85. The Morgan fingerprint density at radius 3 is 2.76 bits per heavy atom. The van der Waals surface area contributed by atoms with E-state index in [0.29, 0.717) is 12.3 Å². The number of pyridine rings is 1. The van der Waals surface area contributed by atoms with E-state index in [1.165, 1.54) is 0 Å². The molecule has 0 aliphatic rings. The van der Waals surface area contributed by atoms with E-state index in [1.54, 1.807) is 0 Å². The number of nitrogens with zero attached hydrogens (tertiary/aromatic N) is 2. The van der Waals surface area contributed by atoms with Crippen molar-refractivity contribution in [3.05, 3.63) is 40.0 Å². The lowest BCUT2D eigenvalue weighted by atomic mass is 10.0. The Morgan fingerprint density at radius 1 is 1.35 bits per heavy atom. The molecule has 0 saturated carbocycles. The molecule has 2 nitrogen and oxygen atoms in total. The highest BCUT2D eigenvalue weighted by atomic mass is 79.9. The van der Waals surface area contributed by atoms with E-state index in [9.17, 15) is 0 Å². The second-order valence-electron chi connectivity index (χ2n) is 4.36. The van der Waals surface area contributed by atoms with E-state index in [0.717, 1.165) is 26.6 Å². The molecule has 0 bridgehead atoms. The van der Waals surface area contributed by atoms with E-state index < -0.39 is 0 Å². The zero-order chi connectivity index (χ0) is 12.4. The molecule has 0 atom stereocenters. The monoisotopic (exact) mass is 288 g/mol. The number of nitriles is 1. The third-order valence-corrected chi connectivity index (χ3v) is 3.23. The molecule has 17 heavy (non-hydrogen) atoms. The zero-order valence-corrected chi connectivity index (χ0v) is 11.5. The molecule has 86 valence electrons. The van der Waals surface area contributed by atoms with Gasteiger partial charge in [0.05, 0.1) is 18.0 Å². The Balaban J connectivity index is 2.72. The first kappa shape index (κ1) is 12.1. The van der Waals surface area contributed by atoms with E-state index >= 15 is 0 Å². The van der Waals surface area contributed by atoms with Crippen LogP contribution in [0.25, 0.3) is 10.9 Å². The van der Waals surface area contributed by atoms with Crippen LogP contribution in [0.3, 0.4) is 0 Å². The molecular formula is C14H13BrN2. The fourth-order valence-electron chi connectivity index (χ4n) is 1.82. The maximum absolute atomic E-state index is 8.90. The van der Waals surface area contributed by atoms with Gasteiger partial charge in [-0.3, -0.25) is 4.98 Å². The van der Waals surface area contributed by atoms with Gasteiger partial charge >= 0.3 is 0 Å². The van der Waals surface area contributed by atoms with Gasteiger partial charge in [-0.25, -0.2) is 0 Å². The molecular weight excluding hydrogens is 276 g/mol. The number of hydrogen-bond acceptors (Lipinski definition) is 2. The fourth-order valence-corrected chi connectivity index (χ4v) is 2.18. The molecule has 0 unspecified atom stereocenters. The Hall–Kier alpha value is -1.40. The van der Waals surface area contributed by atoms with E-state index in [1.807, 2.05) is 24.3 Å². The van der Waals surface area contributed by atoms with E-state index in [2.05, 4.69) is 40.8 Å². The lowest BCUT2D eigenvalue weighted by molar-refractivity contribution is 0.827. The van der Waals surface area contributed by atoms with Gasteiger partial charge in [0.15, 0.2) is 0 Å². The van der Waals surface area contributed by atoms with Crippen LogP contribution in [-0.2, 0) is 6.42 Å². The van der Waals surface area contributed by atoms with Gasteiger partial charge < -0.3 is 0 Å². The Kier molecular flexibility index (Phi) is 3.44. The quantitative estimate of drug-likeness (QED) is 0.831. The summed E-state index contributed by atoms with van der Waals surface area (Å²) in [5.41, 5.74) is 3.07. The Bertz CT molecular complexity index is 597. The van der Waals surface area contributed by atoms with Crippen molar-refractivity contribution in [1.29, 1.82) is 5.26 Å². The molecule has 1 heterocycles. The number of hydrogen-bond donors (Lipinski definition) is 0. The number of halogens is 1. The van der Waals surface area contributed by atoms with E-state index in [4.69, 9.17) is 5.26 Å². The summed E-state index contributed by atoms with van der Waals surface area (Å²) in [5.74, 6) is 0.375. The minimum Gasteiger partial charge on any atom is -0.253 e. The molecule has 0 spiro atoms. The lowest BCUT2D eigenvalue weighted by Crippen LogP contribution is -1.97. The summed E-state index contributed by atoms with van der Waals surface area (Å²) in [6, 6.07) is 10.3. The van der Waals surface area contributed by atoms with Crippen LogP contribution in [0.15, 0.2) is 28.7 Å². The lowest BCUT2D eigenvalue weighted by Gasteiger charge is -2.10. The SMILES string of the molecule is CC(C)c1cc(CC#N)c2cc(Br)ccc2n1. The summed E-state index contributed by atoms with van der Waals surface area (Å²) in [5, 5.41) is 9.96. The summed E-state index contributed by atoms with van der Waals surface area (Å²) in [4.78, 5) is 4.63. The fraction of sp³-hybridized carbons (Fsp3) is 0.286. The van der Waals surface area contributed by atoms with Crippen LogP contribution in [0.4, 0.5) is 0 Å². The van der Waals surface area contributed by atoms with Gasteiger partial charge in [0, 0.05) is 15.6 Å². The molecule has 0 fully saturated rings. The molecule has 0 aliphatic carbocycles. The van der Waals surface area contributed by atoms with Gasteiger partial charge in [-0.15, -0.1) is 0 Å². The second-order valence-corrected chi connectivity index (χ2v) is 5.27. The van der Waals surface area contributed by atoms with Crippen LogP contribution < -0.4 is 0 Å². The molecule has 0 aliphatic heterocycles. The summed E-state index contributed by atoms with van der Waals surface area (Å²) in [6.45, 7) is 4.23. The molecule has 1 aromatic heterocycles. The summed E-state index contributed by atoms with van der Waals surface area (Å²) in [6.07, 6.45) is 0.426.